The molecule has 0 bridgehead atoms. The Kier molecular flexibility index (Phi) is 7.87. The molecule has 0 aromatic heterocycles. The van der Waals surface area contributed by atoms with Gasteiger partial charge in [0.05, 0.1) is 18.1 Å². The highest BCUT2D eigenvalue weighted by molar-refractivity contribution is 5.77. The fourth-order valence-electron chi connectivity index (χ4n) is 2.12. The summed E-state index contributed by atoms with van der Waals surface area (Å²) in [6.45, 7) is 3.86. The van der Waals surface area contributed by atoms with Crippen molar-refractivity contribution in [2.45, 2.75) is 45.6 Å². The van der Waals surface area contributed by atoms with Crippen molar-refractivity contribution in [2.75, 3.05) is 13.7 Å². The Hall–Kier alpha value is -2.31. The van der Waals surface area contributed by atoms with E-state index >= 15 is 0 Å². The Morgan fingerprint density at radius 3 is 2.70 bits per heavy atom. The number of carbonyl (C=O) groups excluding carboxylic acids is 1. The smallest absolute Gasteiger partial charge is 0.273 e. The summed E-state index contributed by atoms with van der Waals surface area (Å²) in [6, 6.07) is 4.08. The molecule has 0 fully saturated rings. The Bertz CT molecular complexity index is 533. The average Bonchev–Trinajstić information content (AvgIpc) is 2.52. The maximum Gasteiger partial charge on any atom is 0.273 e. The van der Waals surface area contributed by atoms with E-state index < -0.39 is 4.92 Å². The minimum atomic E-state index is -0.526. The molecule has 1 N–H and O–H groups in total. The number of nitro groups is 1. The van der Waals surface area contributed by atoms with E-state index in [1.54, 1.807) is 0 Å². The van der Waals surface area contributed by atoms with Crippen molar-refractivity contribution in [2.24, 2.45) is 0 Å². The van der Waals surface area contributed by atoms with Gasteiger partial charge in [0.2, 0.25) is 0 Å². The van der Waals surface area contributed by atoms with Crippen LogP contribution in [0.5, 0.6) is 11.5 Å². The number of carbonyl (C=O) groups is 1. The lowest BCUT2D eigenvalue weighted by Gasteiger charge is -2.15. The van der Waals surface area contributed by atoms with Gasteiger partial charge >= 0.3 is 0 Å². The van der Waals surface area contributed by atoms with E-state index in [-0.39, 0.29) is 30.0 Å². The van der Waals surface area contributed by atoms with Gasteiger partial charge in [-0.3, -0.25) is 14.9 Å². The fourth-order valence-corrected chi connectivity index (χ4v) is 2.12. The van der Waals surface area contributed by atoms with E-state index in [0.717, 1.165) is 25.7 Å². The summed E-state index contributed by atoms with van der Waals surface area (Å²) >= 11 is 0. The van der Waals surface area contributed by atoms with Crippen LogP contribution in [0.4, 0.5) is 5.69 Å². The van der Waals surface area contributed by atoms with Gasteiger partial charge in [-0.15, -0.1) is 0 Å². The fraction of sp³-hybridized carbons (Fsp3) is 0.562. The number of nitrogens with zero attached hydrogens (tertiary/aromatic N) is 1. The first-order valence-electron chi connectivity index (χ1n) is 7.72. The van der Waals surface area contributed by atoms with Gasteiger partial charge in [-0.25, -0.2) is 0 Å². The molecule has 128 valence electrons. The van der Waals surface area contributed by atoms with E-state index in [1.165, 1.54) is 25.3 Å². The number of hydrogen-bond acceptors (Lipinski definition) is 5. The molecule has 0 heterocycles. The molecule has 1 rings (SSSR count). The van der Waals surface area contributed by atoms with Gasteiger partial charge in [0.1, 0.15) is 0 Å². The van der Waals surface area contributed by atoms with Crippen LogP contribution in [0.3, 0.4) is 0 Å². The number of benzene rings is 1. The molecular weight excluding hydrogens is 300 g/mol. The number of hydrogen-bond donors (Lipinski definition) is 1. The number of unbranched alkanes of at least 4 members (excludes halogenated alkanes) is 2. The Morgan fingerprint density at radius 2 is 2.09 bits per heavy atom. The molecular formula is C16H24N2O5. The third-order valence-electron chi connectivity index (χ3n) is 3.36. The molecule has 0 spiro atoms. The van der Waals surface area contributed by atoms with Crippen LogP contribution in [-0.4, -0.2) is 30.6 Å². The molecule has 1 aromatic carbocycles. The molecule has 1 aromatic rings. The summed E-state index contributed by atoms with van der Waals surface area (Å²) in [7, 11) is 1.43. The summed E-state index contributed by atoms with van der Waals surface area (Å²) in [5.41, 5.74) is -0.117. The lowest BCUT2D eigenvalue weighted by molar-refractivity contribution is -0.385. The lowest BCUT2D eigenvalue weighted by atomic mass is 10.1. The van der Waals surface area contributed by atoms with Gasteiger partial charge in [-0.1, -0.05) is 26.2 Å². The molecule has 0 aliphatic rings. The van der Waals surface area contributed by atoms with Gasteiger partial charge in [0, 0.05) is 12.1 Å². The number of non-ortho nitro benzene ring substituents is 1. The van der Waals surface area contributed by atoms with Gasteiger partial charge < -0.3 is 14.8 Å². The number of amides is 1. The minimum absolute atomic E-state index is 0.0738. The molecule has 0 saturated heterocycles. The third-order valence-corrected chi connectivity index (χ3v) is 3.36. The van der Waals surface area contributed by atoms with Crippen molar-refractivity contribution in [3.63, 3.8) is 0 Å². The average molecular weight is 324 g/mol. The third kappa shape index (κ3) is 6.54. The molecule has 0 unspecified atom stereocenters. The topological polar surface area (TPSA) is 90.7 Å². The van der Waals surface area contributed by atoms with Crippen LogP contribution in [-0.2, 0) is 4.79 Å². The van der Waals surface area contributed by atoms with E-state index in [1.807, 2.05) is 6.92 Å². The lowest BCUT2D eigenvalue weighted by Crippen LogP contribution is -2.36. The highest BCUT2D eigenvalue weighted by Crippen LogP contribution is 2.30. The van der Waals surface area contributed by atoms with Crippen molar-refractivity contribution >= 4 is 11.6 Å². The summed E-state index contributed by atoms with van der Waals surface area (Å²) < 4.78 is 10.4. The van der Waals surface area contributed by atoms with Gasteiger partial charge in [0.25, 0.3) is 11.6 Å². The first kappa shape index (κ1) is 18.7. The summed E-state index contributed by atoms with van der Waals surface area (Å²) in [5.74, 6) is 0.262. The number of ether oxygens (including phenoxy) is 2. The van der Waals surface area contributed by atoms with Crippen molar-refractivity contribution in [3.8, 4) is 11.5 Å². The van der Waals surface area contributed by atoms with Crippen LogP contribution in [0.15, 0.2) is 18.2 Å². The molecule has 7 nitrogen and oxygen atoms in total. The molecule has 0 aliphatic heterocycles. The van der Waals surface area contributed by atoms with E-state index in [4.69, 9.17) is 9.47 Å². The summed E-state index contributed by atoms with van der Waals surface area (Å²) in [4.78, 5) is 22.1. The first-order chi connectivity index (χ1) is 11.0. The van der Waals surface area contributed by atoms with E-state index in [2.05, 4.69) is 12.2 Å². The van der Waals surface area contributed by atoms with E-state index in [9.17, 15) is 14.9 Å². The van der Waals surface area contributed by atoms with Gasteiger partial charge in [0.15, 0.2) is 18.1 Å². The maximum absolute atomic E-state index is 11.9. The Morgan fingerprint density at radius 1 is 1.35 bits per heavy atom. The van der Waals surface area contributed by atoms with Crippen LogP contribution in [0, 0.1) is 10.1 Å². The van der Waals surface area contributed by atoms with Crippen molar-refractivity contribution < 1.29 is 19.2 Å². The van der Waals surface area contributed by atoms with Crippen molar-refractivity contribution in [1.82, 2.24) is 5.32 Å². The second kappa shape index (κ2) is 9.66. The number of nitro benzene ring substituents is 1. The second-order valence-electron chi connectivity index (χ2n) is 5.35. The van der Waals surface area contributed by atoms with Crippen LogP contribution in [0.2, 0.25) is 0 Å². The van der Waals surface area contributed by atoms with Crippen LogP contribution in [0.1, 0.15) is 39.5 Å². The zero-order valence-electron chi connectivity index (χ0n) is 13.8. The minimum Gasteiger partial charge on any atom is -0.493 e. The molecule has 0 saturated carbocycles. The molecule has 1 amide bonds. The second-order valence-corrected chi connectivity index (χ2v) is 5.35. The monoisotopic (exact) mass is 324 g/mol. The predicted octanol–water partition coefficient (Wildman–Crippen LogP) is 3.07. The van der Waals surface area contributed by atoms with Crippen LogP contribution >= 0.6 is 0 Å². The van der Waals surface area contributed by atoms with Gasteiger partial charge in [-0.05, 0) is 19.4 Å². The summed E-state index contributed by atoms with van der Waals surface area (Å²) in [6.07, 6.45) is 4.26. The quantitative estimate of drug-likeness (QED) is 0.406. The van der Waals surface area contributed by atoms with Crippen LogP contribution < -0.4 is 14.8 Å². The number of methoxy groups -OCH3 is 1. The highest BCUT2D eigenvalue weighted by atomic mass is 16.6. The normalized spacial score (nSPS) is 11.6. The SMILES string of the molecule is CCCCC[C@@H](C)NC(=O)COc1cc([N+](=O)[O-])ccc1OC. The summed E-state index contributed by atoms with van der Waals surface area (Å²) in [5, 5.41) is 13.6. The number of rotatable bonds is 10. The van der Waals surface area contributed by atoms with E-state index in [0.29, 0.717) is 5.75 Å². The zero-order valence-corrected chi connectivity index (χ0v) is 13.8. The zero-order chi connectivity index (χ0) is 17.2. The largest absolute Gasteiger partial charge is 0.493 e. The number of nitrogens with one attached hydrogen (secondary N) is 1. The standard InChI is InChI=1S/C16H24N2O5/c1-4-5-6-7-12(2)17-16(19)11-23-15-10-13(18(20)21)8-9-14(15)22-3/h8-10,12H,4-7,11H2,1-3H3,(H,17,19)/t12-/m1/s1. The van der Waals surface area contributed by atoms with Crippen molar-refractivity contribution in [3.05, 3.63) is 28.3 Å². The van der Waals surface area contributed by atoms with Crippen LogP contribution in [0.25, 0.3) is 0 Å². The maximum atomic E-state index is 11.9. The first-order valence-corrected chi connectivity index (χ1v) is 7.72. The Balaban J connectivity index is 2.54. The van der Waals surface area contributed by atoms with Crippen molar-refractivity contribution in [1.29, 1.82) is 0 Å². The Labute approximate surface area is 136 Å². The van der Waals surface area contributed by atoms with Gasteiger partial charge in [-0.2, -0.15) is 0 Å². The molecule has 0 radical (unpaired) electrons. The molecule has 7 heteroatoms. The molecule has 0 aliphatic carbocycles. The molecule has 23 heavy (non-hydrogen) atoms. The predicted molar refractivity (Wildman–Crippen MR) is 86.9 cm³/mol. The molecule has 1 atom stereocenters. The highest BCUT2D eigenvalue weighted by Gasteiger charge is 2.14.